The first-order chi connectivity index (χ1) is 11.3. The Labute approximate surface area is 143 Å². The van der Waals surface area contributed by atoms with Gasteiger partial charge in [-0.2, -0.15) is 19.6 Å². The van der Waals surface area contributed by atoms with E-state index in [1.165, 1.54) is 0 Å². The molecule has 1 saturated heterocycles. The maximum absolute atomic E-state index is 11.8. The molecule has 4 atom stereocenters. The second-order valence-electron chi connectivity index (χ2n) is 7.94. The predicted octanol–water partition coefficient (Wildman–Crippen LogP) is 3.34. The highest BCUT2D eigenvalue weighted by atomic mass is 17.4. The molecule has 2 spiro atoms. The van der Waals surface area contributed by atoms with Crippen molar-refractivity contribution in [1.82, 2.24) is 0 Å². The highest BCUT2D eigenvalue weighted by Gasteiger charge is 2.58. The Bertz CT molecular complexity index is 462. The fourth-order valence-electron chi connectivity index (χ4n) is 4.10. The molecular weight excluding hydrogens is 312 g/mol. The fourth-order valence-corrected chi connectivity index (χ4v) is 4.10. The van der Waals surface area contributed by atoms with Gasteiger partial charge in [0, 0.05) is 36.5 Å². The van der Waals surface area contributed by atoms with Crippen LogP contribution in [0.25, 0.3) is 0 Å². The Balaban J connectivity index is 1.73. The molecule has 6 nitrogen and oxygen atoms in total. The maximum atomic E-state index is 11.8. The van der Waals surface area contributed by atoms with E-state index in [9.17, 15) is 9.59 Å². The first kappa shape index (κ1) is 18.0. The third-order valence-electron chi connectivity index (χ3n) is 6.26. The lowest BCUT2D eigenvalue weighted by Gasteiger charge is -2.51. The molecule has 0 aromatic rings. The lowest BCUT2D eigenvalue weighted by atomic mass is 9.76. The number of rotatable bonds is 2. The van der Waals surface area contributed by atoms with Gasteiger partial charge < -0.3 is 0 Å². The van der Waals surface area contributed by atoms with Crippen LogP contribution < -0.4 is 0 Å². The van der Waals surface area contributed by atoms with Crippen LogP contribution in [0.2, 0.25) is 0 Å². The molecule has 6 heteroatoms. The fraction of sp³-hybridized carbons (Fsp3) is 0.889. The molecule has 2 aliphatic carbocycles. The average Bonchev–Trinajstić information content (AvgIpc) is 2.55. The van der Waals surface area contributed by atoms with Gasteiger partial charge >= 0.3 is 0 Å². The first-order valence-corrected chi connectivity index (χ1v) is 9.02. The van der Waals surface area contributed by atoms with Gasteiger partial charge in [-0.05, 0) is 39.5 Å². The summed E-state index contributed by atoms with van der Waals surface area (Å²) in [7, 11) is 0. The summed E-state index contributed by atoms with van der Waals surface area (Å²) in [5.74, 6) is -1.88. The highest BCUT2D eigenvalue weighted by molar-refractivity contribution is 5.78. The van der Waals surface area contributed by atoms with Crippen LogP contribution in [0.1, 0.15) is 66.2 Å². The van der Waals surface area contributed by atoms with Crippen LogP contribution in [0, 0.1) is 23.7 Å². The Morgan fingerprint density at radius 3 is 1.33 bits per heavy atom. The summed E-state index contributed by atoms with van der Waals surface area (Å²) in [5, 5.41) is 0. The van der Waals surface area contributed by atoms with Crippen molar-refractivity contribution >= 4 is 11.6 Å². The van der Waals surface area contributed by atoms with E-state index < -0.39 is 11.6 Å². The van der Waals surface area contributed by atoms with Gasteiger partial charge in [-0.25, -0.2) is 0 Å². The van der Waals surface area contributed by atoms with E-state index in [2.05, 4.69) is 0 Å². The Kier molecular flexibility index (Phi) is 4.86. The Morgan fingerprint density at radius 1 is 0.708 bits per heavy atom. The number of ketones is 2. The van der Waals surface area contributed by atoms with Crippen LogP contribution in [0.5, 0.6) is 0 Å². The lowest BCUT2D eigenvalue weighted by molar-refractivity contribution is -0.675. The third kappa shape index (κ3) is 3.05. The predicted molar refractivity (Wildman–Crippen MR) is 84.2 cm³/mol. The van der Waals surface area contributed by atoms with Gasteiger partial charge in [0.15, 0.2) is 0 Å². The van der Waals surface area contributed by atoms with E-state index in [4.69, 9.17) is 19.6 Å². The van der Waals surface area contributed by atoms with Crippen LogP contribution in [-0.2, 0) is 29.1 Å². The topological polar surface area (TPSA) is 71.1 Å². The van der Waals surface area contributed by atoms with Gasteiger partial charge in [0.2, 0.25) is 11.6 Å². The normalized spacial score (nSPS) is 46.2. The van der Waals surface area contributed by atoms with E-state index in [0.717, 1.165) is 25.7 Å². The molecule has 1 heterocycles. The molecule has 0 N–H and O–H groups in total. The van der Waals surface area contributed by atoms with Crippen LogP contribution in [-0.4, -0.2) is 23.1 Å². The van der Waals surface area contributed by atoms with Crippen molar-refractivity contribution in [1.29, 1.82) is 0 Å². The molecule has 1 aliphatic heterocycles. The van der Waals surface area contributed by atoms with Gasteiger partial charge in [-0.15, -0.1) is 0 Å². The van der Waals surface area contributed by atoms with Gasteiger partial charge in [0.1, 0.15) is 11.6 Å². The van der Waals surface area contributed by atoms with Crippen molar-refractivity contribution in [2.24, 2.45) is 23.7 Å². The van der Waals surface area contributed by atoms with E-state index in [1.807, 2.05) is 13.8 Å². The van der Waals surface area contributed by atoms with Crippen molar-refractivity contribution in [3.63, 3.8) is 0 Å². The molecule has 0 aromatic carbocycles. The summed E-state index contributed by atoms with van der Waals surface area (Å²) in [5.41, 5.74) is 0. The van der Waals surface area contributed by atoms with Crippen LogP contribution >= 0.6 is 0 Å². The molecule has 0 unspecified atom stereocenters. The van der Waals surface area contributed by atoms with Crippen molar-refractivity contribution < 1.29 is 29.1 Å². The molecule has 2 saturated carbocycles. The number of hydrogen-bond donors (Lipinski definition) is 0. The molecule has 24 heavy (non-hydrogen) atoms. The molecule has 0 bridgehead atoms. The number of hydrogen-bond acceptors (Lipinski definition) is 6. The number of Topliss-reactive ketones (excluding diaryl/α,β-unsaturated/α-hetero) is 2. The van der Waals surface area contributed by atoms with Crippen molar-refractivity contribution in [2.45, 2.75) is 77.8 Å². The second kappa shape index (κ2) is 6.48. The van der Waals surface area contributed by atoms with E-state index in [-0.39, 0.29) is 35.2 Å². The van der Waals surface area contributed by atoms with Crippen LogP contribution in [0.3, 0.4) is 0 Å². The summed E-state index contributed by atoms with van der Waals surface area (Å²) in [4.78, 5) is 46.7. The summed E-state index contributed by atoms with van der Waals surface area (Å²) < 4.78 is 0. The molecule has 0 radical (unpaired) electrons. The van der Waals surface area contributed by atoms with Crippen LogP contribution in [0.4, 0.5) is 0 Å². The Morgan fingerprint density at radius 2 is 1.04 bits per heavy atom. The summed E-state index contributed by atoms with van der Waals surface area (Å²) in [6.45, 7) is 7.23. The summed E-state index contributed by atoms with van der Waals surface area (Å²) >= 11 is 0. The van der Waals surface area contributed by atoms with Gasteiger partial charge in [-0.1, -0.05) is 13.8 Å². The van der Waals surface area contributed by atoms with Gasteiger partial charge in [0.25, 0.3) is 0 Å². The first-order valence-electron chi connectivity index (χ1n) is 9.02. The number of carbonyl (C=O) groups excluding carboxylic acids is 2. The zero-order valence-corrected chi connectivity index (χ0v) is 15.0. The van der Waals surface area contributed by atoms with Crippen LogP contribution in [0.15, 0.2) is 0 Å². The highest BCUT2D eigenvalue weighted by Crippen LogP contribution is 2.50. The molecule has 3 aliphatic rings. The largest absolute Gasteiger partial charge is 0.300 e. The standard InChI is InChI=1S/C18H28O6/c1-11-5-7-15(13(3)19)9-17(11)21-23-18(24-22-17)10-16(14(4)20)8-6-12(18)2/h11-12,15-16H,5-10H2,1-4H3/t11-,12-,15-,16-,17?,18?/m1/s1. The van der Waals surface area contributed by atoms with Gasteiger partial charge in [0.05, 0.1) is 0 Å². The average molecular weight is 340 g/mol. The molecule has 136 valence electrons. The maximum Gasteiger partial charge on any atom is 0.237 e. The molecule has 3 fully saturated rings. The van der Waals surface area contributed by atoms with E-state index >= 15 is 0 Å². The number of carbonyl (C=O) groups is 2. The van der Waals surface area contributed by atoms with Crippen molar-refractivity contribution in [3.05, 3.63) is 0 Å². The smallest absolute Gasteiger partial charge is 0.237 e. The van der Waals surface area contributed by atoms with E-state index in [1.54, 1.807) is 13.8 Å². The molecule has 0 amide bonds. The van der Waals surface area contributed by atoms with Crippen molar-refractivity contribution in [3.8, 4) is 0 Å². The molecule has 3 rings (SSSR count). The summed E-state index contributed by atoms with van der Waals surface area (Å²) in [6.07, 6.45) is 4.16. The second-order valence-corrected chi connectivity index (χ2v) is 7.94. The Hall–Kier alpha value is -0.820. The monoisotopic (exact) mass is 340 g/mol. The lowest BCUT2D eigenvalue weighted by Crippen LogP contribution is -2.59. The summed E-state index contributed by atoms with van der Waals surface area (Å²) in [6, 6.07) is 0. The van der Waals surface area contributed by atoms with Crippen molar-refractivity contribution in [2.75, 3.05) is 0 Å². The molecular formula is C18H28O6. The minimum Gasteiger partial charge on any atom is -0.300 e. The minimum absolute atomic E-state index is 0.0629. The quantitative estimate of drug-likeness (QED) is 0.718. The zero-order valence-electron chi connectivity index (χ0n) is 15.0. The third-order valence-corrected chi connectivity index (χ3v) is 6.26. The van der Waals surface area contributed by atoms with Gasteiger partial charge in [-0.3, -0.25) is 9.59 Å². The van der Waals surface area contributed by atoms with E-state index in [0.29, 0.717) is 12.8 Å². The minimum atomic E-state index is -1.04. The SMILES string of the molecule is CC(=O)[C@@H]1CC[C@@H](C)C2(C1)OOC1(C[C@H](C(C)=O)CC[C@H]1C)OO2. The zero-order chi connectivity index (χ0) is 17.5. The molecule has 0 aromatic heterocycles.